The van der Waals surface area contributed by atoms with Crippen LogP contribution in [0.25, 0.3) is 0 Å². The van der Waals surface area contributed by atoms with Gasteiger partial charge in [0.25, 0.3) is 0 Å². The summed E-state index contributed by atoms with van der Waals surface area (Å²) in [6.07, 6.45) is 6.15. The summed E-state index contributed by atoms with van der Waals surface area (Å²) in [5.41, 5.74) is 1.18. The van der Waals surface area contributed by atoms with Gasteiger partial charge in [-0.1, -0.05) is 25.1 Å². The molecule has 1 amide bonds. The molecule has 0 aliphatic carbocycles. The molecule has 2 fully saturated rings. The van der Waals surface area contributed by atoms with Gasteiger partial charge in [-0.05, 0) is 49.7 Å². The second-order valence-electron chi connectivity index (χ2n) is 7.20. The highest BCUT2D eigenvalue weighted by Gasteiger charge is 2.34. The van der Waals surface area contributed by atoms with Gasteiger partial charge in [-0.15, -0.1) is 12.4 Å². The number of halogens is 1. The number of hydrogen-bond donors (Lipinski definition) is 2. The summed E-state index contributed by atoms with van der Waals surface area (Å²) in [6, 6.07) is 9.65. The molecule has 0 radical (unpaired) electrons. The minimum Gasteiger partial charge on any atom is -0.496 e. The van der Waals surface area contributed by atoms with E-state index in [2.05, 4.69) is 23.6 Å². The summed E-state index contributed by atoms with van der Waals surface area (Å²) in [7, 11) is 1.70. The molecule has 2 aliphatic rings. The van der Waals surface area contributed by atoms with E-state index >= 15 is 0 Å². The summed E-state index contributed by atoms with van der Waals surface area (Å²) in [5.74, 6) is 1.41. The zero-order chi connectivity index (χ0) is 16.2. The van der Waals surface area contributed by atoms with Crippen LogP contribution in [0.3, 0.4) is 0 Å². The Morgan fingerprint density at radius 2 is 1.96 bits per heavy atom. The quantitative estimate of drug-likeness (QED) is 0.827. The number of rotatable bonds is 6. The topological polar surface area (TPSA) is 50.4 Å². The lowest BCUT2D eigenvalue weighted by Crippen LogP contribution is -2.48. The molecule has 0 aromatic heterocycles. The van der Waals surface area contributed by atoms with Crippen LogP contribution in [0.2, 0.25) is 0 Å². The monoisotopic (exact) mass is 352 g/mol. The zero-order valence-corrected chi connectivity index (χ0v) is 15.4. The van der Waals surface area contributed by atoms with Crippen LogP contribution in [0, 0.1) is 5.92 Å². The van der Waals surface area contributed by atoms with Crippen LogP contribution in [-0.4, -0.2) is 31.1 Å². The van der Waals surface area contributed by atoms with Crippen LogP contribution >= 0.6 is 12.4 Å². The molecule has 0 saturated carbocycles. The predicted octanol–water partition coefficient (Wildman–Crippen LogP) is 3.08. The largest absolute Gasteiger partial charge is 0.496 e. The third kappa shape index (κ3) is 4.87. The first-order valence-electron chi connectivity index (χ1n) is 8.81. The second-order valence-corrected chi connectivity index (χ2v) is 7.20. The molecule has 0 spiro atoms. The van der Waals surface area contributed by atoms with Crippen molar-refractivity contribution in [2.75, 3.05) is 7.11 Å². The number of carbonyl (C=O) groups excluding carboxylic acids is 1. The molecule has 134 valence electrons. The van der Waals surface area contributed by atoms with E-state index in [1.165, 1.54) is 18.4 Å². The number of benzene rings is 1. The van der Waals surface area contributed by atoms with Crippen molar-refractivity contribution in [2.24, 2.45) is 5.92 Å². The number of piperidine rings is 1. The molecule has 3 rings (SSSR count). The molecule has 2 N–H and O–H groups in total. The number of methoxy groups -OCH3 is 1. The maximum absolute atomic E-state index is 12.3. The van der Waals surface area contributed by atoms with Crippen LogP contribution in [0.5, 0.6) is 5.75 Å². The van der Waals surface area contributed by atoms with Crippen molar-refractivity contribution in [3.63, 3.8) is 0 Å². The Labute approximate surface area is 151 Å². The zero-order valence-electron chi connectivity index (χ0n) is 14.6. The Hall–Kier alpha value is -1.26. The van der Waals surface area contributed by atoms with Crippen LogP contribution in [0.1, 0.15) is 44.6 Å². The fraction of sp³-hybridized carbons (Fsp3) is 0.632. The van der Waals surface area contributed by atoms with Gasteiger partial charge in [0.1, 0.15) is 5.75 Å². The number of ether oxygens (including phenoxy) is 1. The standard InChI is InChI=1S/C19H28N2O2.ClH/c1-13(9-14-5-3-4-6-18(14)23-2)10-19(22)21-17-11-15-7-8-16(12-17)20-15;/h3-6,13,15-17,20H,7-12H2,1-2H3,(H,21,22);1H. The van der Waals surface area contributed by atoms with E-state index in [1.54, 1.807) is 7.11 Å². The summed E-state index contributed by atoms with van der Waals surface area (Å²) in [5, 5.41) is 6.87. The van der Waals surface area contributed by atoms with E-state index in [0.717, 1.165) is 25.0 Å². The van der Waals surface area contributed by atoms with Crippen molar-refractivity contribution in [3.05, 3.63) is 29.8 Å². The molecule has 2 heterocycles. The Kier molecular flexibility index (Phi) is 6.93. The van der Waals surface area contributed by atoms with Gasteiger partial charge in [0.15, 0.2) is 0 Å². The van der Waals surface area contributed by atoms with Gasteiger partial charge >= 0.3 is 0 Å². The molecule has 4 nitrogen and oxygen atoms in total. The smallest absolute Gasteiger partial charge is 0.220 e. The minimum atomic E-state index is 0. The highest BCUT2D eigenvalue weighted by molar-refractivity contribution is 5.85. The number of amides is 1. The molecule has 1 aromatic rings. The number of fused-ring (bicyclic) bond motifs is 2. The van der Waals surface area contributed by atoms with Gasteiger partial charge in [-0.2, -0.15) is 0 Å². The average Bonchev–Trinajstić information content (AvgIpc) is 2.86. The third-order valence-corrected chi connectivity index (χ3v) is 5.13. The van der Waals surface area contributed by atoms with E-state index in [1.807, 2.05) is 18.2 Å². The van der Waals surface area contributed by atoms with Crippen LogP contribution in [0.15, 0.2) is 24.3 Å². The van der Waals surface area contributed by atoms with Crippen molar-refractivity contribution in [1.82, 2.24) is 10.6 Å². The van der Waals surface area contributed by atoms with Gasteiger partial charge < -0.3 is 15.4 Å². The molecule has 2 bridgehead atoms. The Bertz CT molecular complexity index is 540. The SMILES string of the molecule is COc1ccccc1CC(C)CC(=O)NC1CC2CCC(C1)N2.Cl. The number of carbonyl (C=O) groups is 1. The molecular weight excluding hydrogens is 324 g/mol. The number of para-hydroxylation sites is 1. The van der Waals surface area contributed by atoms with Crippen molar-refractivity contribution in [2.45, 2.75) is 63.6 Å². The predicted molar refractivity (Wildman–Crippen MR) is 98.8 cm³/mol. The Morgan fingerprint density at radius 3 is 2.62 bits per heavy atom. The van der Waals surface area contributed by atoms with Gasteiger partial charge in [0.2, 0.25) is 5.91 Å². The Balaban J connectivity index is 0.00000208. The summed E-state index contributed by atoms with van der Waals surface area (Å²) in [6.45, 7) is 2.14. The van der Waals surface area contributed by atoms with Crippen LogP contribution in [-0.2, 0) is 11.2 Å². The first-order chi connectivity index (χ1) is 11.1. The molecule has 2 aliphatic heterocycles. The van der Waals surface area contributed by atoms with Crippen molar-refractivity contribution in [3.8, 4) is 5.75 Å². The van der Waals surface area contributed by atoms with E-state index < -0.39 is 0 Å². The summed E-state index contributed by atoms with van der Waals surface area (Å²) in [4.78, 5) is 12.3. The molecule has 1 aromatic carbocycles. The fourth-order valence-corrected chi connectivity index (χ4v) is 4.10. The first-order valence-corrected chi connectivity index (χ1v) is 8.81. The molecule has 24 heavy (non-hydrogen) atoms. The van der Waals surface area contributed by atoms with Crippen molar-refractivity contribution in [1.29, 1.82) is 0 Å². The minimum absolute atomic E-state index is 0. The fourth-order valence-electron chi connectivity index (χ4n) is 4.10. The third-order valence-electron chi connectivity index (χ3n) is 5.13. The van der Waals surface area contributed by atoms with Crippen LogP contribution < -0.4 is 15.4 Å². The number of nitrogens with one attached hydrogen (secondary N) is 2. The lowest BCUT2D eigenvalue weighted by molar-refractivity contribution is -0.122. The second kappa shape index (κ2) is 8.72. The lowest BCUT2D eigenvalue weighted by atomic mass is 9.96. The van der Waals surface area contributed by atoms with E-state index in [-0.39, 0.29) is 18.3 Å². The number of hydrogen-bond acceptors (Lipinski definition) is 3. The van der Waals surface area contributed by atoms with Gasteiger partial charge in [0, 0.05) is 24.5 Å². The van der Waals surface area contributed by atoms with Gasteiger partial charge in [-0.25, -0.2) is 0 Å². The molecule has 5 heteroatoms. The lowest BCUT2D eigenvalue weighted by Gasteiger charge is -2.30. The maximum atomic E-state index is 12.3. The highest BCUT2D eigenvalue weighted by Crippen LogP contribution is 2.27. The molecular formula is C19H29ClN2O2. The van der Waals surface area contributed by atoms with E-state index in [9.17, 15) is 4.79 Å². The van der Waals surface area contributed by atoms with E-state index in [0.29, 0.717) is 30.5 Å². The average molecular weight is 353 g/mol. The molecule has 2 saturated heterocycles. The molecule has 3 unspecified atom stereocenters. The van der Waals surface area contributed by atoms with Gasteiger partial charge in [-0.3, -0.25) is 4.79 Å². The van der Waals surface area contributed by atoms with Crippen molar-refractivity contribution >= 4 is 18.3 Å². The summed E-state index contributed by atoms with van der Waals surface area (Å²) < 4.78 is 5.40. The Morgan fingerprint density at radius 1 is 1.29 bits per heavy atom. The normalized spacial score (nSPS) is 26.3. The van der Waals surface area contributed by atoms with E-state index in [4.69, 9.17) is 4.74 Å². The van der Waals surface area contributed by atoms with Gasteiger partial charge in [0.05, 0.1) is 7.11 Å². The molecule has 3 atom stereocenters. The maximum Gasteiger partial charge on any atom is 0.220 e. The van der Waals surface area contributed by atoms with Crippen molar-refractivity contribution < 1.29 is 9.53 Å². The first kappa shape index (κ1) is 19.1. The van der Waals surface area contributed by atoms with Crippen LogP contribution in [0.4, 0.5) is 0 Å². The highest BCUT2D eigenvalue weighted by atomic mass is 35.5. The summed E-state index contributed by atoms with van der Waals surface area (Å²) >= 11 is 0.